The number of halogens is 4. The minimum atomic E-state index is -4.12. The number of carbonyl (C=O) groups is 1. The van der Waals surface area contributed by atoms with Gasteiger partial charge in [-0.05, 0) is 143 Å². The number of alkyl halides is 2. The van der Waals surface area contributed by atoms with Gasteiger partial charge in [0.15, 0.2) is 5.82 Å². The molecular formula is C51H72F4N8O8S2. The molecule has 4 atom stereocenters. The van der Waals surface area contributed by atoms with Crippen LogP contribution in [0.1, 0.15) is 112 Å². The number of likely N-dealkylation sites (tertiary alicyclic amines) is 1. The Kier molecular flexibility index (Phi) is 18.7. The van der Waals surface area contributed by atoms with Gasteiger partial charge in [0.05, 0.1) is 37.7 Å². The lowest BCUT2D eigenvalue weighted by molar-refractivity contribution is -0.0323. The number of ether oxygens (including phenoxy) is 3. The standard InChI is InChI=1S/C51H72F4N8O8S2/c1-60(27-24-52)72(65,66)58-47-20-25-62(30-40(47)33-69-45-15-10-36(11-16-45)38-6-3-8-42(53)28-38)49-19-14-44(56-57-49)32-61(2)73(67,68)59-48-21-26-63(50(64)71-35-51(55)22-5-23-51)31-41(48)34-70-46-17-12-37(13-18-46)39-7-4-9-43(54)29-39/h3-4,6-9,14,19,28-29,36-37,40-41,45-48,58-59H,5,10-13,15-18,20-27,30-35H2,1-2H3/t36-,37-,40?,41?,45+,46+,47?,48?. The second-order valence-electron chi connectivity index (χ2n) is 20.9. The molecule has 16 nitrogen and oxygen atoms in total. The quantitative estimate of drug-likeness (QED) is 0.104. The molecule has 0 bridgehead atoms. The maximum Gasteiger partial charge on any atom is 0.409 e. The van der Waals surface area contributed by atoms with Crippen LogP contribution in [0.25, 0.3) is 0 Å². The Morgan fingerprint density at radius 2 is 1.27 bits per heavy atom. The predicted molar refractivity (Wildman–Crippen MR) is 268 cm³/mol. The van der Waals surface area contributed by atoms with E-state index in [0.717, 1.165) is 77.5 Å². The van der Waals surface area contributed by atoms with Crippen LogP contribution in [-0.2, 0) is 41.2 Å². The fraction of sp³-hybridized carbons (Fsp3) is 0.667. The summed E-state index contributed by atoms with van der Waals surface area (Å²) in [5, 5.41) is 8.88. The summed E-state index contributed by atoms with van der Waals surface area (Å²) in [6, 6.07) is 15.7. The highest BCUT2D eigenvalue weighted by atomic mass is 32.2. The highest BCUT2D eigenvalue weighted by Gasteiger charge is 2.41. The molecule has 3 saturated carbocycles. The Balaban J connectivity index is 0.869. The monoisotopic (exact) mass is 1060 g/mol. The maximum atomic E-state index is 14.8. The third-order valence-corrected chi connectivity index (χ3v) is 18.9. The van der Waals surface area contributed by atoms with Crippen LogP contribution in [-0.4, -0.2) is 150 Å². The molecule has 3 aromatic rings. The number of rotatable bonds is 21. The lowest BCUT2D eigenvalue weighted by atomic mass is 9.82. The van der Waals surface area contributed by atoms with E-state index in [4.69, 9.17) is 14.2 Å². The first-order valence-corrected chi connectivity index (χ1v) is 28.8. The van der Waals surface area contributed by atoms with Crippen molar-refractivity contribution in [2.45, 2.75) is 132 Å². The second-order valence-corrected chi connectivity index (χ2v) is 24.5. The molecule has 5 aliphatic rings. The summed E-state index contributed by atoms with van der Waals surface area (Å²) in [6.45, 7) is 0.0367. The van der Waals surface area contributed by atoms with Gasteiger partial charge in [-0.15, -0.1) is 5.10 Å². The molecule has 1 aromatic heterocycles. The molecule has 2 aromatic carbocycles. The number of amides is 1. The SMILES string of the molecule is CN(CCF)S(=O)(=O)NC1CCN(c2ccc(CN(C)S(=O)(=O)NC3CCN(C(=O)OCC4(F)CCC4)CC3CO[C@H]3CC[C@@H](c4cccc(F)c4)CC3)nn2)CC1CO[C@H]1CC[C@@H](c2cccc(F)c2)CC1. The molecule has 4 unspecified atom stereocenters. The van der Waals surface area contributed by atoms with Crippen molar-refractivity contribution < 1.29 is 53.4 Å². The highest BCUT2D eigenvalue weighted by Crippen LogP contribution is 2.38. The van der Waals surface area contributed by atoms with E-state index in [-0.39, 0.29) is 94.0 Å². The molecule has 404 valence electrons. The lowest BCUT2D eigenvalue weighted by Gasteiger charge is -2.40. The molecule has 73 heavy (non-hydrogen) atoms. The Labute approximate surface area is 428 Å². The van der Waals surface area contributed by atoms with Gasteiger partial charge in [-0.1, -0.05) is 24.3 Å². The van der Waals surface area contributed by atoms with Crippen LogP contribution in [0, 0.1) is 23.5 Å². The van der Waals surface area contributed by atoms with Gasteiger partial charge in [-0.25, -0.2) is 22.4 Å². The van der Waals surface area contributed by atoms with Gasteiger partial charge in [0.2, 0.25) is 0 Å². The summed E-state index contributed by atoms with van der Waals surface area (Å²) in [5.74, 6) is -0.307. The van der Waals surface area contributed by atoms with Gasteiger partial charge in [0, 0.05) is 70.7 Å². The van der Waals surface area contributed by atoms with E-state index >= 15 is 0 Å². The summed E-state index contributed by atoms with van der Waals surface area (Å²) in [4.78, 5) is 16.7. The molecular weight excluding hydrogens is 993 g/mol. The minimum absolute atomic E-state index is 0.0533. The van der Waals surface area contributed by atoms with E-state index < -0.39 is 56.9 Å². The number of piperidine rings is 2. The number of carbonyl (C=O) groups excluding carboxylic acids is 1. The van der Waals surface area contributed by atoms with E-state index in [1.165, 1.54) is 31.1 Å². The van der Waals surface area contributed by atoms with E-state index in [0.29, 0.717) is 43.9 Å². The summed E-state index contributed by atoms with van der Waals surface area (Å²) < 4.78 is 136. The average Bonchev–Trinajstić information content (AvgIpc) is 3.37. The zero-order valence-electron chi connectivity index (χ0n) is 41.9. The van der Waals surface area contributed by atoms with Crippen molar-refractivity contribution in [1.29, 1.82) is 0 Å². The first kappa shape index (κ1) is 55.2. The van der Waals surface area contributed by atoms with Gasteiger partial charge < -0.3 is 24.0 Å². The zero-order valence-corrected chi connectivity index (χ0v) is 43.6. The summed E-state index contributed by atoms with van der Waals surface area (Å²) in [7, 11) is -5.34. The van der Waals surface area contributed by atoms with Gasteiger partial charge >= 0.3 is 6.09 Å². The van der Waals surface area contributed by atoms with Crippen molar-refractivity contribution in [3.8, 4) is 0 Å². The zero-order chi connectivity index (χ0) is 51.8. The van der Waals surface area contributed by atoms with Gasteiger partial charge in [0.1, 0.15) is 30.6 Å². The third-order valence-electron chi connectivity index (χ3n) is 15.7. The number of aromatic nitrogens is 2. The van der Waals surface area contributed by atoms with Gasteiger partial charge in [0.25, 0.3) is 20.4 Å². The number of nitrogens with zero attached hydrogens (tertiary/aromatic N) is 6. The Hall–Kier alpha value is -4.03. The van der Waals surface area contributed by atoms with Crippen molar-refractivity contribution in [1.82, 2.24) is 33.2 Å². The molecule has 0 spiro atoms. The fourth-order valence-electron chi connectivity index (χ4n) is 11.0. The van der Waals surface area contributed by atoms with E-state index in [1.807, 2.05) is 17.0 Å². The lowest BCUT2D eigenvalue weighted by Crippen LogP contribution is -2.56. The molecule has 22 heteroatoms. The number of benzene rings is 2. The normalized spacial score (nSPS) is 27.0. The summed E-state index contributed by atoms with van der Waals surface area (Å²) >= 11 is 0. The first-order valence-electron chi connectivity index (χ1n) is 25.9. The van der Waals surface area contributed by atoms with Crippen LogP contribution in [0.15, 0.2) is 60.7 Å². The van der Waals surface area contributed by atoms with E-state index in [1.54, 1.807) is 36.4 Å². The van der Waals surface area contributed by atoms with Gasteiger partial charge in [-0.2, -0.15) is 40.0 Å². The number of nitrogens with one attached hydrogen (secondary N) is 2. The molecule has 2 aliphatic heterocycles. The van der Waals surface area contributed by atoms with E-state index in [2.05, 4.69) is 19.6 Å². The highest BCUT2D eigenvalue weighted by molar-refractivity contribution is 7.87. The molecule has 3 heterocycles. The molecule has 3 aliphatic carbocycles. The second kappa shape index (κ2) is 24.8. The Bertz CT molecular complexity index is 2500. The molecule has 1 amide bonds. The Morgan fingerprint density at radius 3 is 1.78 bits per heavy atom. The average molecular weight is 1070 g/mol. The van der Waals surface area contributed by atoms with Gasteiger partial charge in [-0.3, -0.25) is 0 Å². The molecule has 5 fully saturated rings. The number of hydrogen-bond acceptors (Lipinski definition) is 11. The fourth-order valence-corrected chi connectivity index (χ4v) is 13.3. The smallest absolute Gasteiger partial charge is 0.409 e. The topological polar surface area (TPSA) is 176 Å². The Morgan fingerprint density at radius 1 is 0.726 bits per heavy atom. The number of anilines is 1. The maximum absolute atomic E-state index is 14.8. The minimum Gasteiger partial charge on any atom is -0.446 e. The van der Waals surface area contributed by atoms with Crippen LogP contribution < -0.4 is 14.3 Å². The van der Waals surface area contributed by atoms with Crippen LogP contribution in [0.5, 0.6) is 0 Å². The molecule has 0 radical (unpaired) electrons. The summed E-state index contributed by atoms with van der Waals surface area (Å²) in [5.41, 5.74) is 0.816. The van der Waals surface area contributed by atoms with Crippen LogP contribution in [0.2, 0.25) is 0 Å². The molecule has 2 saturated heterocycles. The van der Waals surface area contributed by atoms with Crippen LogP contribution >= 0.6 is 0 Å². The number of hydrogen-bond donors (Lipinski definition) is 2. The third kappa shape index (κ3) is 14.9. The van der Waals surface area contributed by atoms with Crippen molar-refractivity contribution in [3.05, 3.63) is 89.1 Å². The van der Waals surface area contributed by atoms with Crippen molar-refractivity contribution in [2.24, 2.45) is 11.8 Å². The predicted octanol–water partition coefficient (Wildman–Crippen LogP) is 7.16. The van der Waals surface area contributed by atoms with Crippen LogP contribution in [0.3, 0.4) is 0 Å². The van der Waals surface area contributed by atoms with Crippen molar-refractivity contribution in [3.63, 3.8) is 0 Å². The first-order chi connectivity index (χ1) is 35.0. The molecule has 8 rings (SSSR count). The van der Waals surface area contributed by atoms with E-state index in [9.17, 15) is 39.2 Å². The largest absolute Gasteiger partial charge is 0.446 e. The van der Waals surface area contributed by atoms with Crippen LogP contribution in [0.4, 0.5) is 28.2 Å². The summed E-state index contributed by atoms with van der Waals surface area (Å²) in [6.07, 6.45) is 7.67. The van der Waals surface area contributed by atoms with Crippen molar-refractivity contribution >= 4 is 32.3 Å². The molecule has 2 N–H and O–H groups in total. The van der Waals surface area contributed by atoms with Crippen molar-refractivity contribution in [2.75, 3.05) is 78.2 Å².